The number of benzene rings is 1. The number of unbranched alkanes of at least 4 members (excludes halogenated alkanes) is 4. The van der Waals surface area contributed by atoms with Crippen LogP contribution in [-0.2, 0) is 0 Å². The number of aryl methyl sites for hydroxylation is 1. The number of aromatic nitrogens is 1. The quantitative estimate of drug-likeness (QED) is 0.483. The molecule has 2 aromatic rings. The molecule has 158 valence electrons. The summed E-state index contributed by atoms with van der Waals surface area (Å²) in [6.07, 6.45) is 10.9. The summed E-state index contributed by atoms with van der Waals surface area (Å²) in [7, 11) is 0. The number of carbonyl (C=O) groups excluding carboxylic acids is 1. The van der Waals surface area contributed by atoms with Crippen LogP contribution >= 0.6 is 0 Å². The Kier molecular flexibility index (Phi) is 12.6. The van der Waals surface area contributed by atoms with Crippen LogP contribution in [0, 0.1) is 6.92 Å². The number of carbonyl (C=O) groups is 1. The molecular weight excluding hydrogens is 360 g/mol. The van der Waals surface area contributed by atoms with E-state index < -0.39 is 0 Å². The van der Waals surface area contributed by atoms with Gasteiger partial charge < -0.3 is 16.4 Å². The molecule has 0 aliphatic carbocycles. The second kappa shape index (κ2) is 15.1. The van der Waals surface area contributed by atoms with E-state index in [1.165, 1.54) is 12.8 Å². The van der Waals surface area contributed by atoms with Crippen LogP contribution in [0.15, 0.2) is 55.0 Å². The first-order valence-electron chi connectivity index (χ1n) is 10.6. The lowest BCUT2D eigenvalue weighted by molar-refractivity contribution is 0.0952. The summed E-state index contributed by atoms with van der Waals surface area (Å²) in [5.41, 5.74) is 9.40. The lowest BCUT2D eigenvalue weighted by Gasteiger charge is -2.07. The van der Waals surface area contributed by atoms with Crippen molar-refractivity contribution >= 4 is 11.6 Å². The minimum Gasteiger partial charge on any atom is -0.397 e. The second-order valence-corrected chi connectivity index (χ2v) is 6.63. The van der Waals surface area contributed by atoms with Crippen molar-refractivity contribution in [2.24, 2.45) is 5.73 Å². The summed E-state index contributed by atoms with van der Waals surface area (Å²) >= 11 is 0. The van der Waals surface area contributed by atoms with E-state index in [9.17, 15) is 4.79 Å². The molecule has 0 bridgehead atoms. The fourth-order valence-corrected chi connectivity index (χ4v) is 2.81. The number of hydrogen-bond donors (Lipinski definition) is 3. The van der Waals surface area contributed by atoms with Crippen molar-refractivity contribution in [3.8, 4) is 0 Å². The topological polar surface area (TPSA) is 80.0 Å². The Bertz CT molecular complexity index is 729. The lowest BCUT2D eigenvalue weighted by Crippen LogP contribution is -2.25. The average molecular weight is 397 g/mol. The van der Waals surface area contributed by atoms with E-state index >= 15 is 0 Å². The van der Waals surface area contributed by atoms with Crippen molar-refractivity contribution in [2.45, 2.75) is 52.9 Å². The molecule has 0 saturated carbocycles. The molecule has 0 aliphatic rings. The van der Waals surface area contributed by atoms with E-state index in [-0.39, 0.29) is 5.91 Å². The van der Waals surface area contributed by atoms with E-state index in [1.807, 2.05) is 63.4 Å². The molecule has 0 radical (unpaired) electrons. The summed E-state index contributed by atoms with van der Waals surface area (Å²) in [6, 6.07) is 11.5. The number of amides is 1. The van der Waals surface area contributed by atoms with Gasteiger partial charge in [-0.3, -0.25) is 9.78 Å². The summed E-state index contributed by atoms with van der Waals surface area (Å²) in [5.74, 6) is 0.0234. The largest absolute Gasteiger partial charge is 0.397 e. The highest BCUT2D eigenvalue weighted by Crippen LogP contribution is 2.07. The summed E-state index contributed by atoms with van der Waals surface area (Å²) in [5, 5.41) is 6.25. The van der Waals surface area contributed by atoms with Gasteiger partial charge in [-0.05, 0) is 43.5 Å². The number of nitrogens with zero attached hydrogens (tertiary/aromatic N) is 1. The number of pyridine rings is 1. The molecule has 5 heteroatoms. The van der Waals surface area contributed by atoms with Crippen LogP contribution < -0.4 is 16.4 Å². The van der Waals surface area contributed by atoms with Crippen molar-refractivity contribution in [1.29, 1.82) is 0 Å². The van der Waals surface area contributed by atoms with Crippen molar-refractivity contribution in [3.05, 3.63) is 71.7 Å². The van der Waals surface area contributed by atoms with Crippen LogP contribution in [0.2, 0.25) is 0 Å². The Morgan fingerprint density at radius 2 is 1.69 bits per heavy atom. The molecule has 0 saturated heterocycles. The average Bonchev–Trinajstić information content (AvgIpc) is 2.77. The standard InChI is InChI=1S/C22H30N4O.C2H6/c1-18-10-5-6-12-20(18)22(27)26-15-8-4-2-3-7-13-25-17-21(23)19-11-9-14-24-16-19;1-2/h5-6,9-12,14,16-17,25H,2-4,7-8,13,15,23H2,1H3,(H,26,27);1-2H3/b21-17-;. The second-order valence-electron chi connectivity index (χ2n) is 6.63. The number of rotatable bonds is 11. The van der Waals surface area contributed by atoms with Gasteiger partial charge in [-0.15, -0.1) is 0 Å². The van der Waals surface area contributed by atoms with Gasteiger partial charge in [-0.2, -0.15) is 0 Å². The highest BCUT2D eigenvalue weighted by Gasteiger charge is 2.06. The van der Waals surface area contributed by atoms with Gasteiger partial charge in [0.1, 0.15) is 0 Å². The molecule has 0 spiro atoms. The third-order valence-electron chi connectivity index (χ3n) is 4.43. The zero-order valence-electron chi connectivity index (χ0n) is 18.1. The van der Waals surface area contributed by atoms with Gasteiger partial charge in [0.15, 0.2) is 0 Å². The van der Waals surface area contributed by atoms with E-state index in [0.717, 1.165) is 49.0 Å². The smallest absolute Gasteiger partial charge is 0.251 e. The first-order chi connectivity index (χ1) is 14.2. The Morgan fingerprint density at radius 1 is 1.00 bits per heavy atom. The molecule has 5 nitrogen and oxygen atoms in total. The van der Waals surface area contributed by atoms with Crippen LogP contribution in [0.3, 0.4) is 0 Å². The van der Waals surface area contributed by atoms with Crippen molar-refractivity contribution < 1.29 is 4.79 Å². The Morgan fingerprint density at radius 3 is 2.38 bits per heavy atom. The summed E-state index contributed by atoms with van der Waals surface area (Å²) < 4.78 is 0. The van der Waals surface area contributed by atoms with Crippen LogP contribution in [0.5, 0.6) is 0 Å². The minimum absolute atomic E-state index is 0.0234. The first kappa shape index (κ1) is 24.2. The predicted molar refractivity (Wildman–Crippen MR) is 122 cm³/mol. The van der Waals surface area contributed by atoms with Crippen molar-refractivity contribution in [3.63, 3.8) is 0 Å². The molecular formula is C24H36N4O. The molecule has 2 rings (SSSR count). The van der Waals surface area contributed by atoms with Crippen LogP contribution in [0.1, 0.15) is 67.4 Å². The third kappa shape index (κ3) is 9.79. The summed E-state index contributed by atoms with van der Waals surface area (Å²) in [4.78, 5) is 16.1. The van der Waals surface area contributed by atoms with Crippen LogP contribution in [-0.4, -0.2) is 24.0 Å². The number of nitrogens with one attached hydrogen (secondary N) is 2. The molecule has 0 fully saturated rings. The lowest BCUT2D eigenvalue weighted by atomic mass is 10.1. The molecule has 1 aromatic heterocycles. The zero-order valence-corrected chi connectivity index (χ0v) is 18.1. The first-order valence-corrected chi connectivity index (χ1v) is 10.6. The van der Waals surface area contributed by atoms with Crippen LogP contribution in [0.4, 0.5) is 0 Å². The maximum Gasteiger partial charge on any atom is 0.251 e. The fourth-order valence-electron chi connectivity index (χ4n) is 2.81. The van der Waals surface area contributed by atoms with Gasteiger partial charge in [-0.1, -0.05) is 51.3 Å². The zero-order chi connectivity index (χ0) is 21.3. The third-order valence-corrected chi connectivity index (χ3v) is 4.43. The van der Waals surface area contributed by atoms with Gasteiger partial charge in [-0.25, -0.2) is 0 Å². The predicted octanol–water partition coefficient (Wildman–Crippen LogP) is 4.64. The van der Waals surface area contributed by atoms with Gasteiger partial charge in [0, 0.05) is 42.8 Å². The van der Waals surface area contributed by atoms with E-state index in [4.69, 9.17) is 5.73 Å². The van der Waals surface area contributed by atoms with Gasteiger partial charge >= 0.3 is 0 Å². The van der Waals surface area contributed by atoms with Crippen molar-refractivity contribution in [2.75, 3.05) is 13.1 Å². The Balaban J connectivity index is 0.00000204. The molecule has 0 unspecified atom stereocenters. The van der Waals surface area contributed by atoms with Crippen LogP contribution in [0.25, 0.3) is 5.70 Å². The summed E-state index contributed by atoms with van der Waals surface area (Å²) in [6.45, 7) is 7.60. The van der Waals surface area contributed by atoms with Gasteiger partial charge in [0.05, 0.1) is 5.70 Å². The Hall–Kier alpha value is -2.82. The number of hydrogen-bond acceptors (Lipinski definition) is 4. The molecule has 29 heavy (non-hydrogen) atoms. The molecule has 1 aromatic carbocycles. The van der Waals surface area contributed by atoms with E-state index in [1.54, 1.807) is 12.4 Å². The van der Waals surface area contributed by atoms with E-state index in [2.05, 4.69) is 15.6 Å². The molecule has 0 atom stereocenters. The monoisotopic (exact) mass is 396 g/mol. The fraction of sp³-hybridized carbons (Fsp3) is 0.417. The molecule has 4 N–H and O–H groups in total. The normalized spacial score (nSPS) is 10.7. The maximum absolute atomic E-state index is 12.1. The highest BCUT2D eigenvalue weighted by molar-refractivity contribution is 5.95. The molecule has 1 heterocycles. The minimum atomic E-state index is 0.0234. The Labute approximate surface area is 175 Å². The molecule has 0 aliphatic heterocycles. The van der Waals surface area contributed by atoms with Crippen molar-refractivity contribution in [1.82, 2.24) is 15.6 Å². The highest BCUT2D eigenvalue weighted by atomic mass is 16.1. The molecule has 1 amide bonds. The van der Waals surface area contributed by atoms with Gasteiger partial charge in [0.2, 0.25) is 0 Å². The van der Waals surface area contributed by atoms with E-state index in [0.29, 0.717) is 5.70 Å². The van der Waals surface area contributed by atoms with Gasteiger partial charge in [0.25, 0.3) is 5.91 Å². The SMILES string of the molecule is CC.Cc1ccccc1C(=O)NCCCCCCCN/C=C(\N)c1cccnc1. The maximum atomic E-state index is 12.1. The number of nitrogens with two attached hydrogens (primary N) is 1.